The van der Waals surface area contributed by atoms with Crippen LogP contribution in [0.3, 0.4) is 0 Å². The fourth-order valence-electron chi connectivity index (χ4n) is 2.83. The van der Waals surface area contributed by atoms with Crippen LogP contribution in [-0.4, -0.2) is 29.6 Å². The number of carbonyl (C=O) groups is 1. The fraction of sp³-hybridized carbons (Fsp3) is 0.389. The van der Waals surface area contributed by atoms with Crippen molar-refractivity contribution < 1.29 is 14.4 Å². The minimum Gasteiger partial charge on any atom is -0.462 e. The summed E-state index contributed by atoms with van der Waals surface area (Å²) in [5.74, 6) is 0.232. The first kappa shape index (κ1) is 18.8. The minimum absolute atomic E-state index is 0.0163. The summed E-state index contributed by atoms with van der Waals surface area (Å²) < 4.78 is 5.08. The van der Waals surface area contributed by atoms with Crippen LogP contribution in [0.1, 0.15) is 45.8 Å². The van der Waals surface area contributed by atoms with Gasteiger partial charge in [-0.3, -0.25) is 4.79 Å². The topological polar surface area (TPSA) is 76.5 Å². The largest absolute Gasteiger partial charge is 0.462 e. The molecule has 0 spiro atoms. The van der Waals surface area contributed by atoms with Gasteiger partial charge >= 0.3 is 5.97 Å². The van der Waals surface area contributed by atoms with Gasteiger partial charge in [0.2, 0.25) is 0 Å². The van der Waals surface area contributed by atoms with E-state index in [0.29, 0.717) is 33.1 Å². The first-order chi connectivity index (χ1) is 12.4. The van der Waals surface area contributed by atoms with Crippen molar-refractivity contribution in [2.24, 2.45) is 0 Å². The van der Waals surface area contributed by atoms with Crippen molar-refractivity contribution in [1.82, 2.24) is 9.97 Å². The highest BCUT2D eigenvalue weighted by atomic mass is 32.1. The molecule has 1 unspecified atom stereocenters. The van der Waals surface area contributed by atoms with Gasteiger partial charge in [0.15, 0.2) is 5.82 Å². The number of thiophene rings is 2. The Bertz CT molecular complexity index is 976. The number of carbonyl (C=O) groups excluding carboxylic acids is 1. The summed E-state index contributed by atoms with van der Waals surface area (Å²) in [6, 6.07) is 4.16. The number of nitrogens with one attached hydrogen (secondary N) is 2. The average Bonchev–Trinajstić information content (AvgIpc) is 3.22. The van der Waals surface area contributed by atoms with E-state index in [1.165, 1.54) is 21.1 Å². The zero-order valence-corrected chi connectivity index (χ0v) is 16.8. The van der Waals surface area contributed by atoms with Crippen molar-refractivity contribution in [2.45, 2.75) is 33.4 Å². The summed E-state index contributed by atoms with van der Waals surface area (Å²) in [6.07, 6.45) is 0. The van der Waals surface area contributed by atoms with E-state index in [1.807, 2.05) is 13.0 Å². The Morgan fingerprint density at radius 3 is 2.88 bits per heavy atom. The molecule has 26 heavy (non-hydrogen) atoms. The highest BCUT2D eigenvalue weighted by Crippen LogP contribution is 2.28. The van der Waals surface area contributed by atoms with Gasteiger partial charge in [0.25, 0.3) is 5.56 Å². The molecular weight excluding hydrogens is 370 g/mol. The van der Waals surface area contributed by atoms with Gasteiger partial charge in [0, 0.05) is 0 Å². The molecule has 3 aromatic heterocycles. The predicted octanol–water partition coefficient (Wildman–Crippen LogP) is 2.31. The second kappa shape index (κ2) is 7.69. The average molecular weight is 393 g/mol. The summed E-state index contributed by atoms with van der Waals surface area (Å²) >= 11 is 2.94. The molecule has 8 heteroatoms. The number of H-pyrrole nitrogens is 1. The van der Waals surface area contributed by atoms with Crippen LogP contribution in [0.25, 0.3) is 10.2 Å². The maximum absolute atomic E-state index is 12.6. The number of quaternary nitrogens is 1. The highest BCUT2D eigenvalue weighted by Gasteiger charge is 2.24. The van der Waals surface area contributed by atoms with Crippen molar-refractivity contribution in [3.8, 4) is 0 Å². The molecule has 0 bridgehead atoms. The van der Waals surface area contributed by atoms with Crippen LogP contribution in [0, 0.1) is 6.92 Å². The molecule has 0 amide bonds. The first-order valence-electron chi connectivity index (χ1n) is 8.47. The number of fused-ring (bicyclic) bond motifs is 1. The molecule has 0 saturated carbocycles. The molecule has 3 rings (SSSR count). The van der Waals surface area contributed by atoms with E-state index in [2.05, 4.69) is 28.5 Å². The molecular formula is C18H22N3O3S2+. The third kappa shape index (κ3) is 3.58. The van der Waals surface area contributed by atoms with Gasteiger partial charge in [-0.25, -0.2) is 9.78 Å². The van der Waals surface area contributed by atoms with Gasteiger partial charge in [0.1, 0.15) is 22.3 Å². The lowest BCUT2D eigenvalue weighted by Gasteiger charge is -2.20. The molecule has 2 N–H and O–H groups in total. The summed E-state index contributed by atoms with van der Waals surface area (Å²) in [4.78, 5) is 35.8. The maximum atomic E-state index is 12.6. The molecule has 0 aliphatic heterocycles. The number of ether oxygens (including phenoxy) is 1. The number of aromatic amines is 1. The molecule has 2 atom stereocenters. The maximum Gasteiger partial charge on any atom is 0.348 e. The van der Waals surface area contributed by atoms with Crippen LogP contribution in [0.15, 0.2) is 22.3 Å². The van der Waals surface area contributed by atoms with E-state index in [9.17, 15) is 9.59 Å². The van der Waals surface area contributed by atoms with Gasteiger partial charge < -0.3 is 14.6 Å². The quantitative estimate of drug-likeness (QED) is 0.631. The molecule has 3 heterocycles. The second-order valence-electron chi connectivity index (χ2n) is 6.23. The van der Waals surface area contributed by atoms with E-state index in [-0.39, 0.29) is 11.6 Å². The molecule has 6 nitrogen and oxygen atoms in total. The van der Waals surface area contributed by atoms with Gasteiger partial charge in [-0.15, -0.1) is 22.7 Å². The molecule has 0 radical (unpaired) electrons. The van der Waals surface area contributed by atoms with Gasteiger partial charge in [-0.1, -0.05) is 6.07 Å². The second-order valence-corrected chi connectivity index (χ2v) is 8.26. The third-order valence-corrected chi connectivity index (χ3v) is 6.50. The van der Waals surface area contributed by atoms with Crippen LogP contribution in [-0.2, 0) is 11.3 Å². The van der Waals surface area contributed by atoms with Crippen LogP contribution in [0.4, 0.5) is 0 Å². The SMILES string of the molecule is CCOC(=O)c1sc2nc([C@@H](C)[NH+](C)Cc3cccs3)[nH]c(=O)c2c1C. The van der Waals surface area contributed by atoms with Gasteiger partial charge in [0.05, 0.1) is 23.9 Å². The zero-order valence-electron chi connectivity index (χ0n) is 15.2. The predicted molar refractivity (Wildman–Crippen MR) is 104 cm³/mol. The number of hydrogen-bond acceptors (Lipinski definition) is 6. The van der Waals surface area contributed by atoms with E-state index < -0.39 is 5.97 Å². The van der Waals surface area contributed by atoms with Crippen molar-refractivity contribution in [3.05, 3.63) is 49.0 Å². The molecule has 3 aromatic rings. The third-order valence-electron chi connectivity index (χ3n) is 4.46. The molecule has 0 saturated heterocycles. The number of aromatic nitrogens is 2. The smallest absolute Gasteiger partial charge is 0.348 e. The Morgan fingerprint density at radius 2 is 2.23 bits per heavy atom. The van der Waals surface area contributed by atoms with Crippen molar-refractivity contribution >= 4 is 38.9 Å². The highest BCUT2D eigenvalue weighted by molar-refractivity contribution is 7.20. The number of hydrogen-bond donors (Lipinski definition) is 2. The van der Waals surface area contributed by atoms with Crippen LogP contribution < -0.4 is 10.5 Å². The number of esters is 1. The fourth-order valence-corrected chi connectivity index (χ4v) is 4.71. The Morgan fingerprint density at radius 1 is 1.46 bits per heavy atom. The normalized spacial score (nSPS) is 13.7. The Hall–Kier alpha value is -2.03. The van der Waals surface area contributed by atoms with Crippen molar-refractivity contribution in [1.29, 1.82) is 0 Å². The lowest BCUT2D eigenvalue weighted by molar-refractivity contribution is -0.924. The molecule has 138 valence electrons. The monoisotopic (exact) mass is 392 g/mol. The summed E-state index contributed by atoms with van der Waals surface area (Å²) in [5.41, 5.74) is 0.431. The molecule has 0 fully saturated rings. The van der Waals surface area contributed by atoms with Gasteiger partial charge in [-0.05, 0) is 37.8 Å². The van der Waals surface area contributed by atoms with Gasteiger partial charge in [-0.2, -0.15) is 0 Å². The van der Waals surface area contributed by atoms with E-state index in [4.69, 9.17) is 4.74 Å². The number of aryl methyl sites for hydroxylation is 1. The van der Waals surface area contributed by atoms with Crippen LogP contribution in [0.2, 0.25) is 0 Å². The lowest BCUT2D eigenvalue weighted by Crippen LogP contribution is -3.07. The lowest BCUT2D eigenvalue weighted by atomic mass is 10.2. The summed E-state index contributed by atoms with van der Waals surface area (Å²) in [5, 5.41) is 2.54. The minimum atomic E-state index is -0.401. The van der Waals surface area contributed by atoms with E-state index in [1.54, 1.807) is 25.2 Å². The van der Waals surface area contributed by atoms with E-state index in [0.717, 1.165) is 6.54 Å². The summed E-state index contributed by atoms with van der Waals surface area (Å²) in [6.45, 7) is 6.73. The first-order valence-corrected chi connectivity index (χ1v) is 10.2. The standard InChI is InChI=1S/C18H21N3O3S2/c1-5-24-18(23)14-10(2)13-16(22)19-15(20-17(13)26-14)11(3)21(4)9-12-7-6-8-25-12/h6-8,11H,5,9H2,1-4H3,(H,19,20,22)/p+1/t11-/m1/s1. The van der Waals surface area contributed by atoms with Crippen LogP contribution >= 0.6 is 22.7 Å². The number of nitrogens with zero attached hydrogens (tertiary/aromatic N) is 1. The Balaban J connectivity index is 1.95. The van der Waals surface area contributed by atoms with E-state index >= 15 is 0 Å². The summed E-state index contributed by atoms with van der Waals surface area (Å²) in [7, 11) is 2.08. The number of rotatable bonds is 6. The molecule has 0 aliphatic rings. The molecule has 0 aliphatic carbocycles. The Labute approximate surface area is 159 Å². The van der Waals surface area contributed by atoms with Crippen molar-refractivity contribution in [3.63, 3.8) is 0 Å². The van der Waals surface area contributed by atoms with Crippen molar-refractivity contribution in [2.75, 3.05) is 13.7 Å². The Kier molecular flexibility index (Phi) is 5.55. The zero-order chi connectivity index (χ0) is 18.8. The van der Waals surface area contributed by atoms with Crippen LogP contribution in [0.5, 0.6) is 0 Å². The molecule has 0 aromatic carbocycles.